The maximum atomic E-state index is 9.99. The molecule has 0 amide bonds. The summed E-state index contributed by atoms with van der Waals surface area (Å²) in [5.41, 5.74) is 0. The molecule has 2 heteroatoms. The monoisotopic (exact) mass is 244 g/mol. The van der Waals surface area contributed by atoms with Crippen molar-refractivity contribution in [3.8, 4) is 0 Å². The zero-order chi connectivity index (χ0) is 13.1. The summed E-state index contributed by atoms with van der Waals surface area (Å²) in [4.78, 5) is 0. The van der Waals surface area contributed by atoms with Crippen molar-refractivity contribution in [2.24, 2.45) is 5.92 Å². The molecule has 1 atom stereocenters. The summed E-state index contributed by atoms with van der Waals surface area (Å²) in [7, 11) is 0. The van der Waals surface area contributed by atoms with E-state index in [0.29, 0.717) is 6.42 Å². The molecule has 0 aromatic rings. The standard InChI is InChI=1S/C15H32O2/c1-4-6-8-10-12-14(3)15(16,17)13-11-9-7-5-2/h14,16-17H,4-13H2,1-3H3. The average Bonchev–Trinajstić information content (AvgIpc) is 2.30. The first-order valence-corrected chi connectivity index (χ1v) is 7.49. The lowest BCUT2D eigenvalue weighted by molar-refractivity contribution is -0.203. The van der Waals surface area contributed by atoms with Crippen LogP contribution >= 0.6 is 0 Å². The predicted octanol–water partition coefficient (Wildman–Crippen LogP) is 4.24. The Morgan fingerprint density at radius 3 is 1.88 bits per heavy atom. The van der Waals surface area contributed by atoms with Gasteiger partial charge in [-0.15, -0.1) is 0 Å². The van der Waals surface area contributed by atoms with E-state index in [4.69, 9.17) is 0 Å². The van der Waals surface area contributed by atoms with Crippen LogP contribution in [0.3, 0.4) is 0 Å². The van der Waals surface area contributed by atoms with Gasteiger partial charge >= 0.3 is 0 Å². The van der Waals surface area contributed by atoms with E-state index >= 15 is 0 Å². The molecule has 17 heavy (non-hydrogen) atoms. The van der Waals surface area contributed by atoms with Gasteiger partial charge in [-0.05, 0) is 12.8 Å². The second kappa shape index (κ2) is 9.90. The maximum Gasteiger partial charge on any atom is 0.165 e. The molecule has 0 heterocycles. The van der Waals surface area contributed by atoms with Crippen LogP contribution in [-0.4, -0.2) is 16.0 Å². The molecule has 2 nitrogen and oxygen atoms in total. The zero-order valence-corrected chi connectivity index (χ0v) is 12.0. The Labute approximate surface area is 107 Å². The summed E-state index contributed by atoms with van der Waals surface area (Å²) in [5.74, 6) is -1.44. The van der Waals surface area contributed by atoms with Crippen LogP contribution in [0.2, 0.25) is 0 Å². The molecule has 0 aromatic heterocycles. The number of hydrogen-bond donors (Lipinski definition) is 2. The fourth-order valence-electron chi connectivity index (χ4n) is 2.17. The molecule has 0 aliphatic rings. The van der Waals surface area contributed by atoms with Gasteiger partial charge in [0.25, 0.3) is 0 Å². The third-order valence-electron chi connectivity index (χ3n) is 3.68. The van der Waals surface area contributed by atoms with E-state index in [1.54, 1.807) is 0 Å². The predicted molar refractivity (Wildman–Crippen MR) is 73.9 cm³/mol. The quantitative estimate of drug-likeness (QED) is 0.421. The Morgan fingerprint density at radius 2 is 1.35 bits per heavy atom. The van der Waals surface area contributed by atoms with E-state index in [2.05, 4.69) is 13.8 Å². The van der Waals surface area contributed by atoms with Gasteiger partial charge < -0.3 is 10.2 Å². The van der Waals surface area contributed by atoms with Crippen LogP contribution in [-0.2, 0) is 0 Å². The third-order valence-corrected chi connectivity index (χ3v) is 3.68. The molecular weight excluding hydrogens is 212 g/mol. The van der Waals surface area contributed by atoms with Crippen LogP contribution in [0.25, 0.3) is 0 Å². The third kappa shape index (κ3) is 8.62. The van der Waals surface area contributed by atoms with Crippen molar-refractivity contribution >= 4 is 0 Å². The maximum absolute atomic E-state index is 9.99. The van der Waals surface area contributed by atoms with Crippen molar-refractivity contribution in [1.82, 2.24) is 0 Å². The van der Waals surface area contributed by atoms with Crippen molar-refractivity contribution in [2.75, 3.05) is 0 Å². The van der Waals surface area contributed by atoms with Gasteiger partial charge in [0.1, 0.15) is 0 Å². The van der Waals surface area contributed by atoms with Crippen molar-refractivity contribution < 1.29 is 10.2 Å². The smallest absolute Gasteiger partial charge is 0.165 e. The fourth-order valence-corrected chi connectivity index (χ4v) is 2.17. The molecule has 0 rings (SSSR count). The summed E-state index contributed by atoms with van der Waals surface area (Å²) in [6.07, 6.45) is 10.7. The van der Waals surface area contributed by atoms with Crippen LogP contribution in [0.15, 0.2) is 0 Å². The minimum Gasteiger partial charge on any atom is -0.365 e. The average molecular weight is 244 g/mol. The van der Waals surface area contributed by atoms with Crippen molar-refractivity contribution in [3.05, 3.63) is 0 Å². The van der Waals surface area contributed by atoms with Crippen molar-refractivity contribution in [1.29, 1.82) is 0 Å². The molecule has 0 aliphatic heterocycles. The van der Waals surface area contributed by atoms with Gasteiger partial charge in [-0.1, -0.05) is 65.7 Å². The lowest BCUT2D eigenvalue weighted by Crippen LogP contribution is -2.36. The fraction of sp³-hybridized carbons (Fsp3) is 1.00. The second-order valence-corrected chi connectivity index (χ2v) is 5.44. The van der Waals surface area contributed by atoms with Gasteiger partial charge in [0.15, 0.2) is 5.79 Å². The number of hydrogen-bond acceptors (Lipinski definition) is 2. The van der Waals surface area contributed by atoms with Crippen LogP contribution in [0, 0.1) is 5.92 Å². The molecule has 1 unspecified atom stereocenters. The Hall–Kier alpha value is -0.0800. The summed E-state index contributed by atoms with van der Waals surface area (Å²) >= 11 is 0. The largest absolute Gasteiger partial charge is 0.365 e. The Bertz CT molecular complexity index is 166. The molecule has 104 valence electrons. The Kier molecular flexibility index (Phi) is 9.85. The van der Waals surface area contributed by atoms with Crippen molar-refractivity contribution in [2.45, 2.75) is 90.8 Å². The minimum atomic E-state index is -1.44. The van der Waals surface area contributed by atoms with Gasteiger partial charge in [0, 0.05) is 12.3 Å². The number of aliphatic hydroxyl groups is 2. The summed E-state index contributed by atoms with van der Waals surface area (Å²) in [5, 5.41) is 20.0. The van der Waals surface area contributed by atoms with Crippen LogP contribution < -0.4 is 0 Å². The molecule has 0 saturated carbocycles. The molecule has 0 saturated heterocycles. The van der Waals surface area contributed by atoms with Crippen molar-refractivity contribution in [3.63, 3.8) is 0 Å². The highest BCUT2D eigenvalue weighted by atomic mass is 16.5. The van der Waals surface area contributed by atoms with Crippen LogP contribution in [0.5, 0.6) is 0 Å². The number of unbranched alkanes of at least 4 members (excludes halogenated alkanes) is 6. The Morgan fingerprint density at radius 1 is 0.824 bits per heavy atom. The second-order valence-electron chi connectivity index (χ2n) is 5.44. The SMILES string of the molecule is CCCCCCC(C)C(O)(O)CCCCCC. The van der Waals surface area contributed by atoms with Crippen LogP contribution in [0.4, 0.5) is 0 Å². The van der Waals surface area contributed by atoms with Gasteiger partial charge in [-0.25, -0.2) is 0 Å². The molecule has 0 fully saturated rings. The molecule has 0 spiro atoms. The van der Waals surface area contributed by atoms with Gasteiger partial charge in [0.2, 0.25) is 0 Å². The molecule has 0 aliphatic carbocycles. The van der Waals surface area contributed by atoms with Gasteiger partial charge in [-0.3, -0.25) is 0 Å². The highest BCUT2D eigenvalue weighted by molar-refractivity contribution is 4.72. The van der Waals surface area contributed by atoms with E-state index in [0.717, 1.165) is 25.7 Å². The summed E-state index contributed by atoms with van der Waals surface area (Å²) in [6.45, 7) is 6.33. The van der Waals surface area contributed by atoms with Gasteiger partial charge in [-0.2, -0.15) is 0 Å². The first-order chi connectivity index (χ1) is 8.04. The lowest BCUT2D eigenvalue weighted by atomic mass is 9.90. The van der Waals surface area contributed by atoms with E-state index in [1.807, 2.05) is 6.92 Å². The first kappa shape index (κ1) is 16.9. The Balaban J connectivity index is 3.69. The van der Waals surface area contributed by atoms with Crippen LogP contribution in [0.1, 0.15) is 85.0 Å². The lowest BCUT2D eigenvalue weighted by Gasteiger charge is -2.28. The molecule has 0 bridgehead atoms. The van der Waals surface area contributed by atoms with E-state index in [9.17, 15) is 10.2 Å². The molecule has 0 aromatic carbocycles. The topological polar surface area (TPSA) is 40.5 Å². The van der Waals surface area contributed by atoms with E-state index < -0.39 is 5.79 Å². The first-order valence-electron chi connectivity index (χ1n) is 7.49. The van der Waals surface area contributed by atoms with E-state index in [-0.39, 0.29) is 5.92 Å². The molecule has 0 radical (unpaired) electrons. The summed E-state index contributed by atoms with van der Waals surface area (Å²) in [6, 6.07) is 0. The number of rotatable bonds is 11. The zero-order valence-electron chi connectivity index (χ0n) is 12.0. The highest BCUT2D eigenvalue weighted by Crippen LogP contribution is 2.26. The van der Waals surface area contributed by atoms with E-state index in [1.165, 1.54) is 32.1 Å². The molecular formula is C15H32O2. The molecule has 2 N–H and O–H groups in total. The normalized spacial score (nSPS) is 13.9. The summed E-state index contributed by atoms with van der Waals surface area (Å²) < 4.78 is 0. The minimum absolute atomic E-state index is 0.000910. The highest BCUT2D eigenvalue weighted by Gasteiger charge is 2.29. The van der Waals surface area contributed by atoms with Gasteiger partial charge in [0.05, 0.1) is 0 Å².